The molecule has 0 saturated carbocycles. The Hall–Kier alpha value is -1.55. The Morgan fingerprint density at radius 3 is 2.76 bits per heavy atom. The van der Waals surface area contributed by atoms with Gasteiger partial charge in [-0.25, -0.2) is 0 Å². The van der Waals surface area contributed by atoms with Gasteiger partial charge in [0.15, 0.2) is 0 Å². The van der Waals surface area contributed by atoms with Crippen molar-refractivity contribution in [1.29, 1.82) is 0 Å². The average Bonchev–Trinajstić information content (AvgIpc) is 2.42. The summed E-state index contributed by atoms with van der Waals surface area (Å²) in [6.07, 6.45) is 2.68. The summed E-state index contributed by atoms with van der Waals surface area (Å²) in [5, 5.41) is 3.03. The second-order valence-electron chi connectivity index (χ2n) is 6.82. The Morgan fingerprint density at radius 2 is 2.10 bits per heavy atom. The van der Waals surface area contributed by atoms with Gasteiger partial charge in [0, 0.05) is 36.8 Å². The molecule has 1 aliphatic heterocycles. The summed E-state index contributed by atoms with van der Waals surface area (Å²) in [7, 11) is 0. The van der Waals surface area contributed by atoms with Crippen LogP contribution in [0.1, 0.15) is 39.2 Å². The molecule has 0 aliphatic carbocycles. The van der Waals surface area contributed by atoms with Gasteiger partial charge < -0.3 is 16.0 Å². The van der Waals surface area contributed by atoms with Crippen molar-refractivity contribution in [2.24, 2.45) is 5.73 Å². The third-order valence-corrected chi connectivity index (χ3v) is 3.79. The highest BCUT2D eigenvalue weighted by Crippen LogP contribution is 2.29. The van der Waals surface area contributed by atoms with Gasteiger partial charge >= 0.3 is 0 Å². The monoisotopic (exact) mass is 289 g/mol. The van der Waals surface area contributed by atoms with Gasteiger partial charge in [-0.2, -0.15) is 0 Å². The van der Waals surface area contributed by atoms with E-state index in [4.69, 9.17) is 5.73 Å². The standard InChI is InChI=1S/C17H27N3O/c1-17(2,3)19-16(21)11-14(12-18)20-10-6-8-13-7-4-5-9-15(13)20/h4-5,7,9,14H,6,8,10-12,18H2,1-3H3,(H,19,21). The van der Waals surface area contributed by atoms with Crippen LogP contribution in [-0.4, -0.2) is 30.6 Å². The van der Waals surface area contributed by atoms with Gasteiger partial charge in [-0.05, 0) is 45.2 Å². The molecule has 1 aromatic carbocycles. The lowest BCUT2D eigenvalue weighted by Gasteiger charge is -2.37. The Bertz CT molecular complexity index is 493. The van der Waals surface area contributed by atoms with Crippen LogP contribution in [-0.2, 0) is 11.2 Å². The number of carbonyl (C=O) groups excluding carboxylic acids is 1. The van der Waals surface area contributed by atoms with E-state index in [1.165, 1.54) is 11.3 Å². The second kappa shape index (κ2) is 6.48. The summed E-state index contributed by atoms with van der Waals surface area (Å²) in [6, 6.07) is 8.50. The van der Waals surface area contributed by atoms with Crippen molar-refractivity contribution in [3.8, 4) is 0 Å². The van der Waals surface area contributed by atoms with Crippen molar-refractivity contribution in [2.75, 3.05) is 18.0 Å². The Balaban J connectivity index is 2.10. The lowest BCUT2D eigenvalue weighted by molar-refractivity contribution is -0.122. The zero-order valence-electron chi connectivity index (χ0n) is 13.4. The van der Waals surface area contributed by atoms with Crippen LogP contribution >= 0.6 is 0 Å². The molecule has 0 spiro atoms. The summed E-state index contributed by atoms with van der Waals surface area (Å²) >= 11 is 0. The minimum absolute atomic E-state index is 0.0637. The highest BCUT2D eigenvalue weighted by atomic mass is 16.1. The zero-order valence-corrected chi connectivity index (χ0v) is 13.4. The Morgan fingerprint density at radius 1 is 1.38 bits per heavy atom. The van der Waals surface area contributed by atoms with Crippen LogP contribution in [0.15, 0.2) is 24.3 Å². The molecule has 1 aromatic rings. The molecule has 21 heavy (non-hydrogen) atoms. The zero-order chi connectivity index (χ0) is 15.5. The largest absolute Gasteiger partial charge is 0.367 e. The molecular weight excluding hydrogens is 262 g/mol. The summed E-state index contributed by atoms with van der Waals surface area (Å²) in [4.78, 5) is 14.5. The Kier molecular flexibility index (Phi) is 4.88. The first-order valence-corrected chi connectivity index (χ1v) is 7.76. The van der Waals surface area contributed by atoms with Crippen molar-refractivity contribution < 1.29 is 4.79 Å². The molecule has 0 bridgehead atoms. The number of fused-ring (bicyclic) bond motifs is 1. The van der Waals surface area contributed by atoms with E-state index in [1.807, 2.05) is 20.8 Å². The molecular formula is C17H27N3O. The van der Waals surface area contributed by atoms with E-state index in [2.05, 4.69) is 34.5 Å². The maximum atomic E-state index is 12.2. The van der Waals surface area contributed by atoms with Crippen molar-refractivity contribution in [2.45, 2.75) is 51.6 Å². The SMILES string of the molecule is CC(C)(C)NC(=O)CC(CN)N1CCCc2ccccc21. The van der Waals surface area contributed by atoms with Crippen molar-refractivity contribution in [3.05, 3.63) is 29.8 Å². The number of rotatable bonds is 4. The van der Waals surface area contributed by atoms with Crippen LogP contribution in [0.4, 0.5) is 5.69 Å². The molecule has 2 rings (SSSR count). The molecule has 4 nitrogen and oxygen atoms in total. The number of benzene rings is 1. The summed E-state index contributed by atoms with van der Waals surface area (Å²) in [6.45, 7) is 7.46. The van der Waals surface area contributed by atoms with E-state index in [0.29, 0.717) is 13.0 Å². The minimum atomic E-state index is -0.198. The minimum Gasteiger partial charge on any atom is -0.367 e. The number of para-hydroxylation sites is 1. The van der Waals surface area contributed by atoms with E-state index in [0.717, 1.165) is 19.4 Å². The topological polar surface area (TPSA) is 58.4 Å². The van der Waals surface area contributed by atoms with E-state index < -0.39 is 0 Å². The molecule has 3 N–H and O–H groups in total. The molecule has 0 radical (unpaired) electrons. The molecule has 1 unspecified atom stereocenters. The number of nitrogens with two attached hydrogens (primary N) is 1. The number of aryl methyl sites for hydroxylation is 1. The normalized spacial score (nSPS) is 16.3. The van der Waals surface area contributed by atoms with Gasteiger partial charge in [-0.1, -0.05) is 18.2 Å². The first-order chi connectivity index (χ1) is 9.90. The van der Waals surface area contributed by atoms with Crippen molar-refractivity contribution >= 4 is 11.6 Å². The lowest BCUT2D eigenvalue weighted by atomic mass is 9.98. The Labute approximate surface area is 127 Å². The van der Waals surface area contributed by atoms with Crippen LogP contribution in [0, 0.1) is 0 Å². The maximum absolute atomic E-state index is 12.2. The van der Waals surface area contributed by atoms with Crippen molar-refractivity contribution in [1.82, 2.24) is 5.32 Å². The maximum Gasteiger partial charge on any atom is 0.222 e. The summed E-state index contributed by atoms with van der Waals surface area (Å²) in [5.74, 6) is 0.0704. The second-order valence-corrected chi connectivity index (χ2v) is 6.82. The third-order valence-electron chi connectivity index (χ3n) is 3.79. The fraction of sp³-hybridized carbons (Fsp3) is 0.588. The highest BCUT2D eigenvalue weighted by molar-refractivity contribution is 5.78. The van der Waals surface area contributed by atoms with E-state index in [1.54, 1.807) is 0 Å². The molecule has 0 aromatic heterocycles. The first kappa shape index (κ1) is 15.8. The lowest BCUT2D eigenvalue weighted by Crippen LogP contribution is -2.48. The number of hydrogen-bond acceptors (Lipinski definition) is 3. The number of amides is 1. The number of anilines is 1. The quantitative estimate of drug-likeness (QED) is 0.892. The van der Waals surface area contributed by atoms with E-state index in [9.17, 15) is 4.79 Å². The number of nitrogens with zero attached hydrogens (tertiary/aromatic N) is 1. The van der Waals surface area contributed by atoms with Gasteiger partial charge in [-0.15, -0.1) is 0 Å². The van der Waals surface area contributed by atoms with E-state index >= 15 is 0 Å². The third kappa shape index (κ3) is 4.21. The van der Waals surface area contributed by atoms with Crippen LogP contribution in [0.2, 0.25) is 0 Å². The van der Waals surface area contributed by atoms with Gasteiger partial charge in [0.1, 0.15) is 0 Å². The molecule has 0 fully saturated rings. The smallest absolute Gasteiger partial charge is 0.222 e. The average molecular weight is 289 g/mol. The summed E-state index contributed by atoms with van der Waals surface area (Å²) in [5.41, 5.74) is 8.35. The fourth-order valence-corrected chi connectivity index (χ4v) is 2.95. The molecule has 116 valence electrons. The van der Waals surface area contributed by atoms with Crippen LogP contribution in [0.3, 0.4) is 0 Å². The fourth-order valence-electron chi connectivity index (χ4n) is 2.95. The van der Waals surface area contributed by atoms with Crippen LogP contribution < -0.4 is 16.0 Å². The predicted molar refractivity (Wildman–Crippen MR) is 87.5 cm³/mol. The van der Waals surface area contributed by atoms with Crippen LogP contribution in [0.25, 0.3) is 0 Å². The highest BCUT2D eigenvalue weighted by Gasteiger charge is 2.26. The summed E-state index contributed by atoms with van der Waals surface area (Å²) < 4.78 is 0. The van der Waals surface area contributed by atoms with Gasteiger partial charge in [0.05, 0.1) is 0 Å². The number of carbonyl (C=O) groups is 1. The molecule has 1 aliphatic rings. The predicted octanol–water partition coefficient (Wildman–Crippen LogP) is 2.07. The van der Waals surface area contributed by atoms with Crippen molar-refractivity contribution in [3.63, 3.8) is 0 Å². The van der Waals surface area contributed by atoms with Gasteiger partial charge in [0.25, 0.3) is 0 Å². The van der Waals surface area contributed by atoms with Gasteiger partial charge in [0.2, 0.25) is 5.91 Å². The number of nitrogens with one attached hydrogen (secondary N) is 1. The van der Waals surface area contributed by atoms with Gasteiger partial charge in [-0.3, -0.25) is 4.79 Å². The molecule has 1 heterocycles. The first-order valence-electron chi connectivity index (χ1n) is 7.76. The molecule has 1 amide bonds. The van der Waals surface area contributed by atoms with Crippen LogP contribution in [0.5, 0.6) is 0 Å². The molecule has 4 heteroatoms. The molecule has 0 saturated heterocycles. The van der Waals surface area contributed by atoms with E-state index in [-0.39, 0.29) is 17.5 Å². The molecule has 1 atom stereocenters. The number of hydrogen-bond donors (Lipinski definition) is 2.